The molecule has 0 radical (unpaired) electrons. The Labute approximate surface area is 146 Å². The number of nitrogens with one attached hydrogen (secondary N) is 1. The largest absolute Gasteiger partial charge is 0.494 e. The van der Waals surface area contributed by atoms with E-state index in [-0.39, 0.29) is 0 Å². The molecule has 0 aliphatic heterocycles. The van der Waals surface area contributed by atoms with Gasteiger partial charge in [0.05, 0.1) is 12.3 Å². The van der Waals surface area contributed by atoms with Crippen molar-refractivity contribution in [2.45, 2.75) is 72.1 Å². The zero-order valence-corrected chi connectivity index (χ0v) is 15.5. The molecule has 0 unspecified atom stereocenters. The van der Waals surface area contributed by atoms with Crippen LogP contribution in [0.3, 0.4) is 0 Å². The Morgan fingerprint density at radius 2 is 1.50 bits per heavy atom. The number of unbranched alkanes of at least 4 members (excludes halogenated alkanes) is 7. The summed E-state index contributed by atoms with van der Waals surface area (Å²) in [6, 6.07) is 8.36. The molecule has 0 saturated carbocycles. The maximum absolute atomic E-state index is 5.86. The molecule has 2 rings (SSSR count). The van der Waals surface area contributed by atoms with Crippen LogP contribution in [0.4, 0.5) is 0 Å². The first-order chi connectivity index (χ1) is 11.7. The molecule has 0 saturated heterocycles. The van der Waals surface area contributed by atoms with Gasteiger partial charge in [-0.3, -0.25) is 5.10 Å². The fourth-order valence-corrected chi connectivity index (χ4v) is 3.12. The first-order valence-corrected chi connectivity index (χ1v) is 9.47. The predicted octanol–water partition coefficient (Wildman–Crippen LogP) is 6.21. The van der Waals surface area contributed by atoms with Gasteiger partial charge in [-0.2, -0.15) is 5.10 Å². The molecule has 3 heteroatoms. The number of hydrogen-bond donors (Lipinski definition) is 1. The number of aromatic amines is 1. The number of rotatable bonds is 11. The fraction of sp³-hybridized carbons (Fsp3) is 0.571. The molecule has 2 aromatic rings. The number of H-pyrrole nitrogens is 1. The van der Waals surface area contributed by atoms with Crippen molar-refractivity contribution in [1.82, 2.24) is 10.2 Å². The quantitative estimate of drug-likeness (QED) is 0.498. The number of benzene rings is 1. The van der Waals surface area contributed by atoms with Crippen LogP contribution in [-0.4, -0.2) is 16.8 Å². The third kappa shape index (κ3) is 5.70. The highest BCUT2D eigenvalue weighted by Crippen LogP contribution is 2.27. The molecule has 24 heavy (non-hydrogen) atoms. The van der Waals surface area contributed by atoms with Crippen molar-refractivity contribution in [2.75, 3.05) is 6.61 Å². The smallest absolute Gasteiger partial charge is 0.119 e. The van der Waals surface area contributed by atoms with Crippen LogP contribution < -0.4 is 4.74 Å². The normalized spacial score (nSPS) is 11.0. The van der Waals surface area contributed by atoms with Crippen LogP contribution in [0.25, 0.3) is 11.1 Å². The van der Waals surface area contributed by atoms with Crippen LogP contribution in [0.5, 0.6) is 5.75 Å². The molecular weight excluding hydrogens is 296 g/mol. The Bertz CT molecular complexity index is 567. The highest BCUT2D eigenvalue weighted by molar-refractivity contribution is 5.68. The highest BCUT2D eigenvalue weighted by Gasteiger charge is 2.08. The van der Waals surface area contributed by atoms with Gasteiger partial charge < -0.3 is 4.74 Å². The van der Waals surface area contributed by atoms with E-state index < -0.39 is 0 Å². The minimum absolute atomic E-state index is 0.818. The van der Waals surface area contributed by atoms with Gasteiger partial charge >= 0.3 is 0 Å². The molecule has 1 N–H and O–H groups in total. The molecule has 0 aliphatic rings. The van der Waals surface area contributed by atoms with Crippen molar-refractivity contribution in [3.05, 3.63) is 35.7 Å². The van der Waals surface area contributed by atoms with E-state index in [2.05, 4.69) is 48.3 Å². The summed E-state index contributed by atoms with van der Waals surface area (Å²) in [5, 5.41) is 7.30. The number of hydrogen-bond acceptors (Lipinski definition) is 2. The Morgan fingerprint density at radius 1 is 0.875 bits per heavy atom. The summed E-state index contributed by atoms with van der Waals surface area (Å²) in [4.78, 5) is 0. The molecule has 0 spiro atoms. The molecule has 1 aromatic heterocycles. The number of ether oxygens (including phenoxy) is 1. The standard InChI is InChI=1S/C21H32N2O/c1-4-5-6-7-8-9-10-11-16-24-20-14-12-19(13-15-20)21-17(2)22-23-18(21)3/h12-15H,4-11,16H2,1-3H3,(H,22,23). The third-order valence-electron chi connectivity index (χ3n) is 4.54. The zero-order chi connectivity index (χ0) is 17.2. The van der Waals surface area contributed by atoms with Crippen molar-refractivity contribution in [3.8, 4) is 16.9 Å². The second kappa shape index (κ2) is 10.2. The van der Waals surface area contributed by atoms with Crippen LogP contribution in [0.15, 0.2) is 24.3 Å². The minimum atomic E-state index is 0.818. The Kier molecular flexibility index (Phi) is 7.87. The SMILES string of the molecule is CCCCCCCCCCOc1ccc(-c2c(C)n[nH]c2C)cc1. The molecule has 0 aliphatic carbocycles. The van der Waals surface area contributed by atoms with Crippen molar-refractivity contribution >= 4 is 0 Å². The average Bonchev–Trinajstić information content (AvgIpc) is 2.93. The molecule has 0 fully saturated rings. The van der Waals surface area contributed by atoms with Gasteiger partial charge in [-0.05, 0) is 38.0 Å². The molecule has 0 amide bonds. The van der Waals surface area contributed by atoms with Crippen molar-refractivity contribution in [2.24, 2.45) is 0 Å². The van der Waals surface area contributed by atoms with Crippen molar-refractivity contribution in [3.63, 3.8) is 0 Å². The lowest BCUT2D eigenvalue weighted by atomic mass is 10.0. The molecule has 1 heterocycles. The van der Waals surface area contributed by atoms with Gasteiger partial charge in [-0.25, -0.2) is 0 Å². The van der Waals surface area contributed by atoms with Crippen molar-refractivity contribution < 1.29 is 4.74 Å². The first kappa shape index (κ1) is 18.6. The molecule has 132 valence electrons. The summed E-state index contributed by atoms with van der Waals surface area (Å²) in [5.74, 6) is 0.959. The van der Waals surface area contributed by atoms with Gasteiger partial charge in [-0.15, -0.1) is 0 Å². The molecule has 3 nitrogen and oxygen atoms in total. The van der Waals surface area contributed by atoms with E-state index >= 15 is 0 Å². The fourth-order valence-electron chi connectivity index (χ4n) is 3.12. The first-order valence-electron chi connectivity index (χ1n) is 9.47. The van der Waals surface area contributed by atoms with E-state index in [0.29, 0.717) is 0 Å². The predicted molar refractivity (Wildman–Crippen MR) is 102 cm³/mol. The minimum Gasteiger partial charge on any atom is -0.494 e. The van der Waals surface area contributed by atoms with Crippen LogP contribution in [-0.2, 0) is 0 Å². The summed E-state index contributed by atoms with van der Waals surface area (Å²) in [6.07, 6.45) is 10.6. The molecular formula is C21H32N2O. The van der Waals surface area contributed by atoms with E-state index in [1.54, 1.807) is 0 Å². The maximum atomic E-state index is 5.86. The topological polar surface area (TPSA) is 37.9 Å². The Balaban J connectivity index is 1.66. The van der Waals surface area contributed by atoms with Gasteiger partial charge in [0.2, 0.25) is 0 Å². The second-order valence-electron chi connectivity index (χ2n) is 6.66. The maximum Gasteiger partial charge on any atom is 0.119 e. The van der Waals surface area contributed by atoms with Gasteiger partial charge in [0.1, 0.15) is 5.75 Å². The number of nitrogens with zero attached hydrogens (tertiary/aromatic N) is 1. The third-order valence-corrected chi connectivity index (χ3v) is 4.54. The monoisotopic (exact) mass is 328 g/mol. The number of aromatic nitrogens is 2. The summed E-state index contributed by atoms with van der Waals surface area (Å²) >= 11 is 0. The molecule has 1 aromatic carbocycles. The van der Waals surface area contributed by atoms with Crippen LogP contribution in [0, 0.1) is 13.8 Å². The van der Waals surface area contributed by atoms with E-state index in [1.807, 2.05) is 6.92 Å². The lowest BCUT2D eigenvalue weighted by molar-refractivity contribution is 0.304. The lowest BCUT2D eigenvalue weighted by Gasteiger charge is -2.08. The summed E-state index contributed by atoms with van der Waals surface area (Å²) < 4.78 is 5.86. The van der Waals surface area contributed by atoms with E-state index in [9.17, 15) is 0 Å². The summed E-state index contributed by atoms with van der Waals surface area (Å²) in [6.45, 7) is 7.17. The summed E-state index contributed by atoms with van der Waals surface area (Å²) in [7, 11) is 0. The highest BCUT2D eigenvalue weighted by atomic mass is 16.5. The molecule has 0 bridgehead atoms. The second-order valence-corrected chi connectivity index (χ2v) is 6.66. The van der Waals surface area contributed by atoms with E-state index in [1.165, 1.54) is 56.1 Å². The molecule has 0 atom stereocenters. The van der Waals surface area contributed by atoms with E-state index in [4.69, 9.17) is 4.74 Å². The Hall–Kier alpha value is -1.77. The van der Waals surface area contributed by atoms with E-state index in [0.717, 1.165) is 30.2 Å². The van der Waals surface area contributed by atoms with Gasteiger partial charge in [0.25, 0.3) is 0 Å². The lowest BCUT2D eigenvalue weighted by Crippen LogP contribution is -1.97. The van der Waals surface area contributed by atoms with Gasteiger partial charge in [0, 0.05) is 11.3 Å². The van der Waals surface area contributed by atoms with Crippen LogP contribution in [0.1, 0.15) is 69.7 Å². The number of aryl methyl sites for hydroxylation is 2. The van der Waals surface area contributed by atoms with Crippen molar-refractivity contribution in [1.29, 1.82) is 0 Å². The average molecular weight is 328 g/mol. The van der Waals surface area contributed by atoms with Crippen LogP contribution in [0.2, 0.25) is 0 Å². The summed E-state index contributed by atoms with van der Waals surface area (Å²) in [5.41, 5.74) is 4.54. The zero-order valence-electron chi connectivity index (χ0n) is 15.5. The van der Waals surface area contributed by atoms with Crippen LogP contribution >= 0.6 is 0 Å². The Morgan fingerprint density at radius 3 is 2.08 bits per heavy atom. The van der Waals surface area contributed by atoms with Gasteiger partial charge in [-0.1, -0.05) is 64.0 Å². The van der Waals surface area contributed by atoms with Gasteiger partial charge in [0.15, 0.2) is 0 Å².